The number of nitrogens with zero attached hydrogens (tertiary/aromatic N) is 5. The SMILES string of the molecule is [2H]C([2H])(c1cccc(-[n+]2[c-]n(-c3cncc(Oc4ccc5c6cc(-c7ccccc7)ccc6n(-c6cc(C([2H])([2H])C(C)(C)C)ccn6)c5c4)c3)c3ccccc32)c1)C(C)(C)C. The van der Waals surface area contributed by atoms with Gasteiger partial charge in [0.25, 0.3) is 6.33 Å². The number of fused-ring (bicyclic) bond motifs is 4. The fourth-order valence-electron chi connectivity index (χ4n) is 7.49. The van der Waals surface area contributed by atoms with Crippen molar-refractivity contribution in [3.8, 4) is 39.8 Å². The van der Waals surface area contributed by atoms with Crippen LogP contribution in [0.15, 0.2) is 152 Å². The molecule has 4 heterocycles. The molecular weight excluding hydrogens is 699 g/mol. The van der Waals surface area contributed by atoms with E-state index in [1.165, 1.54) is 0 Å². The number of ether oxygens (including phenoxy) is 1. The summed E-state index contributed by atoms with van der Waals surface area (Å²) >= 11 is 0. The highest BCUT2D eigenvalue weighted by Gasteiger charge is 2.19. The third-order valence-electron chi connectivity index (χ3n) is 9.72. The van der Waals surface area contributed by atoms with Crippen molar-refractivity contribution in [3.63, 3.8) is 0 Å². The van der Waals surface area contributed by atoms with Gasteiger partial charge >= 0.3 is 0 Å². The van der Waals surface area contributed by atoms with Crippen molar-refractivity contribution < 1.29 is 14.8 Å². The molecule has 9 aromatic rings. The van der Waals surface area contributed by atoms with Crippen LogP contribution in [0.25, 0.3) is 61.2 Å². The Hall–Kier alpha value is -6.53. The second kappa shape index (κ2) is 14.2. The first-order valence-corrected chi connectivity index (χ1v) is 19.3. The lowest BCUT2D eigenvalue weighted by molar-refractivity contribution is -0.572. The highest BCUT2D eigenvalue weighted by molar-refractivity contribution is 6.10. The predicted molar refractivity (Wildman–Crippen MR) is 232 cm³/mol. The standard InChI is InChI=1S/C51H47N5O/c1-50(2,3)30-35-13-12-16-39(25-35)54-34-55(47-18-11-10-17-46(47)54)40-28-42(33-52-32-40)57-41-20-21-43-44-27-38(37-14-8-7-9-15-37)19-22-45(44)56(48(43)29-41)49-26-36(23-24-53-49)31-51(4,5)6/h7-29,32-33H,30-31H2,1-6H3/i30D2,31D2. The third-order valence-corrected chi connectivity index (χ3v) is 9.72. The average molecular weight is 750 g/mol. The van der Waals surface area contributed by atoms with Crippen molar-refractivity contribution in [2.75, 3.05) is 0 Å². The van der Waals surface area contributed by atoms with Gasteiger partial charge in [-0.05, 0) is 94.9 Å². The molecule has 0 fully saturated rings. The van der Waals surface area contributed by atoms with Crippen LogP contribution < -0.4 is 9.30 Å². The van der Waals surface area contributed by atoms with Crippen LogP contribution in [0.3, 0.4) is 0 Å². The molecular formula is C51H47N5O. The molecule has 0 spiro atoms. The van der Waals surface area contributed by atoms with Crippen molar-refractivity contribution in [1.82, 2.24) is 19.1 Å². The van der Waals surface area contributed by atoms with Crippen LogP contribution in [0.2, 0.25) is 0 Å². The summed E-state index contributed by atoms with van der Waals surface area (Å²) in [5, 5.41) is 2.05. The molecule has 0 unspecified atom stereocenters. The van der Waals surface area contributed by atoms with Gasteiger partial charge in [-0.2, -0.15) is 0 Å². The Labute approximate surface area is 340 Å². The van der Waals surface area contributed by atoms with Gasteiger partial charge < -0.3 is 4.74 Å². The van der Waals surface area contributed by atoms with E-state index in [1.54, 1.807) is 24.7 Å². The number of para-hydroxylation sites is 2. The van der Waals surface area contributed by atoms with Gasteiger partial charge in [-0.25, -0.2) is 4.98 Å². The Kier molecular flexibility index (Phi) is 7.88. The van der Waals surface area contributed by atoms with E-state index in [4.69, 9.17) is 15.2 Å². The lowest BCUT2D eigenvalue weighted by Gasteiger charge is -2.18. The summed E-state index contributed by atoms with van der Waals surface area (Å²) in [7, 11) is 0. The van der Waals surface area contributed by atoms with Crippen LogP contribution >= 0.6 is 0 Å². The lowest BCUT2D eigenvalue weighted by atomic mass is 9.88. The van der Waals surface area contributed by atoms with E-state index < -0.39 is 23.6 Å². The van der Waals surface area contributed by atoms with Crippen LogP contribution in [0, 0.1) is 17.2 Å². The lowest BCUT2D eigenvalue weighted by Crippen LogP contribution is -2.29. The number of aromatic nitrogens is 5. The second-order valence-electron chi connectivity index (χ2n) is 16.6. The van der Waals surface area contributed by atoms with Crippen LogP contribution in [0.4, 0.5) is 0 Å². The monoisotopic (exact) mass is 749 g/mol. The first-order chi connectivity index (χ1) is 29.0. The molecule has 57 heavy (non-hydrogen) atoms. The van der Waals surface area contributed by atoms with Gasteiger partial charge in [0.2, 0.25) is 0 Å². The summed E-state index contributed by atoms with van der Waals surface area (Å²) in [6, 6.07) is 44.0. The maximum atomic E-state index is 9.05. The van der Waals surface area contributed by atoms with E-state index in [-0.39, 0.29) is 0 Å². The first kappa shape index (κ1) is 31.7. The molecule has 9 rings (SSSR count). The average Bonchev–Trinajstić information content (AvgIpc) is 3.79. The Morgan fingerprint density at radius 3 is 2.21 bits per heavy atom. The van der Waals surface area contributed by atoms with E-state index in [0.717, 1.165) is 55.3 Å². The third kappa shape index (κ3) is 7.43. The zero-order valence-corrected chi connectivity index (χ0v) is 33.1. The van der Waals surface area contributed by atoms with E-state index >= 15 is 0 Å². The summed E-state index contributed by atoms with van der Waals surface area (Å²) in [5.74, 6) is 1.74. The van der Waals surface area contributed by atoms with Crippen LogP contribution in [-0.4, -0.2) is 19.1 Å². The molecule has 4 aromatic heterocycles. The van der Waals surface area contributed by atoms with Gasteiger partial charge in [-0.15, -0.1) is 0 Å². The largest absolute Gasteiger partial charge is 0.456 e. The quantitative estimate of drug-likeness (QED) is 0.115. The summed E-state index contributed by atoms with van der Waals surface area (Å²) in [6.45, 7) is 11.5. The van der Waals surface area contributed by atoms with Gasteiger partial charge in [-0.1, -0.05) is 120 Å². The van der Waals surface area contributed by atoms with Gasteiger partial charge in [0.15, 0.2) is 0 Å². The smallest absolute Gasteiger partial charge is 0.269 e. The van der Waals surface area contributed by atoms with Crippen molar-refractivity contribution in [2.24, 2.45) is 10.8 Å². The molecule has 0 atom stereocenters. The fourth-order valence-corrected chi connectivity index (χ4v) is 7.49. The molecule has 282 valence electrons. The molecule has 6 nitrogen and oxygen atoms in total. The molecule has 0 N–H and O–H groups in total. The predicted octanol–water partition coefficient (Wildman–Crippen LogP) is 12.2. The van der Waals surface area contributed by atoms with Crippen molar-refractivity contribution in [3.05, 3.63) is 170 Å². The molecule has 0 saturated carbocycles. The van der Waals surface area contributed by atoms with E-state index in [9.17, 15) is 0 Å². The molecule has 0 saturated heterocycles. The first-order valence-electron chi connectivity index (χ1n) is 21.3. The van der Waals surface area contributed by atoms with E-state index in [0.29, 0.717) is 28.4 Å². The van der Waals surface area contributed by atoms with Gasteiger partial charge in [0.05, 0.1) is 39.6 Å². The number of rotatable bonds is 8. The highest BCUT2D eigenvalue weighted by Crippen LogP contribution is 2.38. The Balaban J connectivity index is 1.13. The van der Waals surface area contributed by atoms with E-state index in [1.807, 2.05) is 142 Å². The van der Waals surface area contributed by atoms with Gasteiger partial charge in [0, 0.05) is 34.7 Å². The highest BCUT2D eigenvalue weighted by atomic mass is 16.5. The molecule has 6 heteroatoms. The number of benzene rings is 5. The molecule has 0 radical (unpaired) electrons. The Bertz CT molecular complexity index is 3100. The van der Waals surface area contributed by atoms with Gasteiger partial charge in [0.1, 0.15) is 17.3 Å². The number of hydrogen-bond acceptors (Lipinski definition) is 3. The molecule has 0 aliphatic carbocycles. The normalized spacial score (nSPS) is 13.7. The zero-order valence-electron chi connectivity index (χ0n) is 37.1. The second-order valence-corrected chi connectivity index (χ2v) is 16.6. The van der Waals surface area contributed by atoms with Crippen molar-refractivity contribution >= 4 is 32.8 Å². The molecule has 0 amide bonds. The maximum absolute atomic E-state index is 9.05. The van der Waals surface area contributed by atoms with E-state index in [2.05, 4.69) is 52.3 Å². The fraction of sp³-hybridized carbons (Fsp3) is 0.196. The van der Waals surface area contributed by atoms with Crippen molar-refractivity contribution in [2.45, 2.75) is 54.3 Å². The summed E-state index contributed by atoms with van der Waals surface area (Å²) in [4.78, 5) is 9.41. The molecule has 0 bridgehead atoms. The maximum Gasteiger partial charge on any atom is 0.269 e. The Morgan fingerprint density at radius 2 is 1.40 bits per heavy atom. The minimum Gasteiger partial charge on any atom is -0.456 e. The summed E-state index contributed by atoms with van der Waals surface area (Å²) in [5.41, 5.74) is 7.30. The Morgan fingerprint density at radius 1 is 0.632 bits per heavy atom. The number of hydrogen-bond donors (Lipinski definition) is 0. The zero-order chi connectivity index (χ0) is 42.9. The van der Waals surface area contributed by atoms with Crippen molar-refractivity contribution in [1.29, 1.82) is 0 Å². The van der Waals surface area contributed by atoms with Crippen LogP contribution in [0.1, 0.15) is 58.2 Å². The topological polar surface area (TPSA) is 48.8 Å². The summed E-state index contributed by atoms with van der Waals surface area (Å²) in [6.07, 6.45) is 5.50. The minimum absolute atomic E-state index is 0.530. The number of pyridine rings is 2. The minimum atomic E-state index is -1.61. The summed E-state index contributed by atoms with van der Waals surface area (Å²) < 4.78 is 48.5. The molecule has 5 aromatic carbocycles. The van der Waals surface area contributed by atoms with Crippen LogP contribution in [0.5, 0.6) is 11.5 Å². The molecule has 0 aliphatic heterocycles. The van der Waals surface area contributed by atoms with Gasteiger partial charge in [-0.3, -0.25) is 18.7 Å². The van der Waals surface area contributed by atoms with Crippen LogP contribution in [-0.2, 0) is 12.7 Å². The number of imidazole rings is 1. The molecule has 0 aliphatic rings.